The minimum Gasteiger partial charge on any atom is -0.489 e. The lowest BCUT2D eigenvalue weighted by atomic mass is 10.2. The van der Waals surface area contributed by atoms with Crippen molar-refractivity contribution in [2.45, 2.75) is 13.8 Å². The second kappa shape index (κ2) is 4.87. The van der Waals surface area contributed by atoms with E-state index >= 15 is 0 Å². The smallest absolute Gasteiger partial charge is 0.192 e. The summed E-state index contributed by atoms with van der Waals surface area (Å²) in [5.74, 6) is 0.698. The van der Waals surface area contributed by atoms with Gasteiger partial charge in [-0.25, -0.2) is 0 Å². The highest BCUT2D eigenvalue weighted by Crippen LogP contribution is 2.18. The first kappa shape index (κ1) is 11.5. The fourth-order valence-corrected chi connectivity index (χ4v) is 1.46. The average molecular weight is 230 g/mol. The molecule has 0 aliphatic rings. The van der Waals surface area contributed by atoms with E-state index in [1.807, 2.05) is 19.9 Å². The molecule has 0 unspecified atom stereocenters. The number of fused-ring (bicyclic) bond motifs is 1. The molecule has 0 atom stereocenters. The van der Waals surface area contributed by atoms with Gasteiger partial charge in [0.2, 0.25) is 0 Å². The van der Waals surface area contributed by atoms with Crippen molar-refractivity contribution in [3.63, 3.8) is 0 Å². The summed E-state index contributed by atoms with van der Waals surface area (Å²) < 4.78 is 10.8. The molecule has 88 valence electrons. The van der Waals surface area contributed by atoms with Gasteiger partial charge in [0, 0.05) is 12.1 Å². The van der Waals surface area contributed by atoms with Crippen LogP contribution in [0.25, 0.3) is 11.0 Å². The zero-order valence-electron chi connectivity index (χ0n) is 9.90. The van der Waals surface area contributed by atoms with Gasteiger partial charge in [0.25, 0.3) is 0 Å². The summed E-state index contributed by atoms with van der Waals surface area (Å²) in [5, 5.41) is 0.571. The predicted molar refractivity (Wildman–Crippen MR) is 67.4 cm³/mol. The van der Waals surface area contributed by atoms with Crippen LogP contribution in [-0.2, 0) is 0 Å². The van der Waals surface area contributed by atoms with Gasteiger partial charge in [0.1, 0.15) is 17.9 Å². The number of hydrogen-bond acceptors (Lipinski definition) is 3. The van der Waals surface area contributed by atoms with Crippen molar-refractivity contribution in [1.82, 2.24) is 0 Å². The first-order chi connectivity index (χ1) is 8.16. The lowest BCUT2D eigenvalue weighted by Crippen LogP contribution is -1.99. The Morgan fingerprint density at radius 3 is 2.94 bits per heavy atom. The van der Waals surface area contributed by atoms with E-state index in [4.69, 9.17) is 9.15 Å². The molecule has 0 saturated carbocycles. The SMILES string of the molecule is CC(C)=CCOc1ccc2c(=O)ccoc2c1. The maximum absolute atomic E-state index is 11.5. The van der Waals surface area contributed by atoms with Crippen LogP contribution in [0.4, 0.5) is 0 Å². The van der Waals surface area contributed by atoms with Crippen LogP contribution in [0.2, 0.25) is 0 Å². The van der Waals surface area contributed by atoms with E-state index in [0.717, 1.165) is 0 Å². The summed E-state index contributed by atoms with van der Waals surface area (Å²) >= 11 is 0. The molecular weight excluding hydrogens is 216 g/mol. The van der Waals surface area contributed by atoms with Gasteiger partial charge in [-0.15, -0.1) is 0 Å². The van der Waals surface area contributed by atoms with Crippen LogP contribution in [0.15, 0.2) is 51.4 Å². The molecule has 1 heterocycles. The van der Waals surface area contributed by atoms with Crippen LogP contribution < -0.4 is 10.2 Å². The summed E-state index contributed by atoms with van der Waals surface area (Å²) in [6.07, 6.45) is 3.38. The molecule has 0 spiro atoms. The standard InChI is InChI=1S/C14H14O3/c1-10(2)5-7-16-11-3-4-12-13(15)6-8-17-14(12)9-11/h3-6,8-9H,7H2,1-2H3. The van der Waals surface area contributed by atoms with E-state index in [-0.39, 0.29) is 5.43 Å². The van der Waals surface area contributed by atoms with Crippen molar-refractivity contribution >= 4 is 11.0 Å². The van der Waals surface area contributed by atoms with E-state index in [1.54, 1.807) is 18.2 Å². The fraction of sp³-hybridized carbons (Fsp3) is 0.214. The fourth-order valence-electron chi connectivity index (χ4n) is 1.46. The van der Waals surface area contributed by atoms with E-state index in [0.29, 0.717) is 23.3 Å². The molecule has 3 nitrogen and oxygen atoms in total. The quantitative estimate of drug-likeness (QED) is 0.760. The van der Waals surface area contributed by atoms with Gasteiger partial charge in [-0.1, -0.05) is 5.57 Å². The summed E-state index contributed by atoms with van der Waals surface area (Å²) in [6, 6.07) is 6.64. The molecular formula is C14H14O3. The van der Waals surface area contributed by atoms with E-state index in [1.165, 1.54) is 17.9 Å². The Hall–Kier alpha value is -2.03. The number of allylic oxidation sites excluding steroid dienone is 1. The summed E-state index contributed by atoms with van der Waals surface area (Å²) in [7, 11) is 0. The van der Waals surface area contributed by atoms with Gasteiger partial charge in [-0.2, -0.15) is 0 Å². The highest BCUT2D eigenvalue weighted by atomic mass is 16.5. The highest BCUT2D eigenvalue weighted by Gasteiger charge is 2.01. The predicted octanol–water partition coefficient (Wildman–Crippen LogP) is 3.14. The molecule has 1 aromatic heterocycles. The van der Waals surface area contributed by atoms with Gasteiger partial charge in [0.15, 0.2) is 5.43 Å². The molecule has 1 aromatic carbocycles. The van der Waals surface area contributed by atoms with Gasteiger partial charge in [0.05, 0.1) is 11.6 Å². The zero-order chi connectivity index (χ0) is 12.3. The van der Waals surface area contributed by atoms with Crippen molar-refractivity contribution in [2.75, 3.05) is 6.61 Å². The molecule has 0 N–H and O–H groups in total. The third-order valence-electron chi connectivity index (χ3n) is 2.37. The molecule has 0 bridgehead atoms. The molecule has 0 aliphatic heterocycles. The topological polar surface area (TPSA) is 39.4 Å². The maximum atomic E-state index is 11.5. The average Bonchev–Trinajstić information content (AvgIpc) is 2.29. The van der Waals surface area contributed by atoms with Crippen LogP contribution in [0.5, 0.6) is 5.75 Å². The monoisotopic (exact) mass is 230 g/mol. The second-order valence-corrected chi connectivity index (χ2v) is 4.04. The Kier molecular flexibility index (Phi) is 3.28. The summed E-state index contributed by atoms with van der Waals surface area (Å²) in [5.41, 5.74) is 1.71. The third kappa shape index (κ3) is 2.75. The minimum atomic E-state index is -0.0397. The number of ether oxygens (including phenoxy) is 1. The van der Waals surface area contributed by atoms with Gasteiger partial charge < -0.3 is 9.15 Å². The third-order valence-corrected chi connectivity index (χ3v) is 2.37. The van der Waals surface area contributed by atoms with E-state index in [2.05, 4.69) is 0 Å². The molecule has 0 aliphatic carbocycles. The molecule has 3 heteroatoms. The lowest BCUT2D eigenvalue weighted by Gasteiger charge is -2.04. The van der Waals surface area contributed by atoms with Crippen molar-refractivity contribution in [1.29, 1.82) is 0 Å². The normalized spacial score (nSPS) is 10.2. The van der Waals surface area contributed by atoms with Gasteiger partial charge >= 0.3 is 0 Å². The zero-order valence-corrected chi connectivity index (χ0v) is 9.90. The van der Waals surface area contributed by atoms with Crippen molar-refractivity contribution in [3.05, 3.63) is 52.4 Å². The minimum absolute atomic E-state index is 0.0397. The van der Waals surface area contributed by atoms with Crippen LogP contribution in [0.3, 0.4) is 0 Å². The molecule has 2 rings (SSSR count). The largest absolute Gasteiger partial charge is 0.489 e. The Bertz CT molecular complexity index is 604. The molecule has 2 aromatic rings. The van der Waals surface area contributed by atoms with Crippen molar-refractivity contribution in [3.8, 4) is 5.75 Å². The molecule has 0 amide bonds. The van der Waals surface area contributed by atoms with E-state index < -0.39 is 0 Å². The van der Waals surface area contributed by atoms with Crippen molar-refractivity contribution < 1.29 is 9.15 Å². The number of hydrogen-bond donors (Lipinski definition) is 0. The molecule has 0 radical (unpaired) electrons. The molecule has 0 fully saturated rings. The molecule has 17 heavy (non-hydrogen) atoms. The Labute approximate surface area is 99.3 Å². The second-order valence-electron chi connectivity index (χ2n) is 4.04. The van der Waals surface area contributed by atoms with Crippen LogP contribution in [-0.4, -0.2) is 6.61 Å². The Morgan fingerprint density at radius 1 is 1.35 bits per heavy atom. The maximum Gasteiger partial charge on any atom is 0.192 e. The first-order valence-corrected chi connectivity index (χ1v) is 5.44. The van der Waals surface area contributed by atoms with Crippen LogP contribution in [0.1, 0.15) is 13.8 Å². The van der Waals surface area contributed by atoms with Gasteiger partial charge in [-0.05, 0) is 32.1 Å². The first-order valence-electron chi connectivity index (χ1n) is 5.44. The lowest BCUT2D eigenvalue weighted by molar-refractivity contribution is 0.362. The van der Waals surface area contributed by atoms with Crippen LogP contribution in [0, 0.1) is 0 Å². The molecule has 0 saturated heterocycles. The number of benzene rings is 1. The highest BCUT2D eigenvalue weighted by molar-refractivity contribution is 5.77. The summed E-state index contributed by atoms with van der Waals surface area (Å²) in [6.45, 7) is 4.55. The van der Waals surface area contributed by atoms with Gasteiger partial charge in [-0.3, -0.25) is 4.79 Å². The van der Waals surface area contributed by atoms with E-state index in [9.17, 15) is 4.79 Å². The number of rotatable bonds is 3. The summed E-state index contributed by atoms with van der Waals surface area (Å²) in [4.78, 5) is 11.5. The van der Waals surface area contributed by atoms with Crippen molar-refractivity contribution in [2.24, 2.45) is 0 Å². The Morgan fingerprint density at radius 2 is 2.18 bits per heavy atom. The Balaban J connectivity index is 2.26. The van der Waals surface area contributed by atoms with Crippen LogP contribution >= 0.6 is 0 Å².